The van der Waals surface area contributed by atoms with Crippen LogP contribution in [-0.2, 0) is 4.74 Å². The fraction of sp³-hybridized carbons (Fsp3) is 0.333. The van der Waals surface area contributed by atoms with Gasteiger partial charge in [0.25, 0.3) is 0 Å². The topological polar surface area (TPSA) is 29.5 Å². The molecule has 1 aliphatic heterocycles. The summed E-state index contributed by atoms with van der Waals surface area (Å²) in [5.74, 6) is 0.197. The van der Waals surface area contributed by atoms with E-state index in [9.17, 15) is 9.50 Å². The van der Waals surface area contributed by atoms with Gasteiger partial charge in [-0.2, -0.15) is 0 Å². The van der Waals surface area contributed by atoms with Gasteiger partial charge in [-0.05, 0) is 36.3 Å². The van der Waals surface area contributed by atoms with Crippen molar-refractivity contribution in [3.05, 3.63) is 47.0 Å². The molecule has 1 aromatic carbocycles. The quantitative estimate of drug-likeness (QED) is 0.809. The van der Waals surface area contributed by atoms with Gasteiger partial charge in [0.05, 0.1) is 6.61 Å². The van der Waals surface area contributed by atoms with Gasteiger partial charge in [0.1, 0.15) is 17.7 Å². The highest BCUT2D eigenvalue weighted by Crippen LogP contribution is 2.27. The van der Waals surface area contributed by atoms with Crippen LogP contribution in [0.3, 0.4) is 0 Å². The summed E-state index contributed by atoms with van der Waals surface area (Å²) >= 11 is 0. The Morgan fingerprint density at radius 2 is 2.20 bits per heavy atom. The maximum Gasteiger partial charge on any atom is 0.136 e. The molecule has 0 amide bonds. The van der Waals surface area contributed by atoms with E-state index >= 15 is 0 Å². The molecule has 0 spiro atoms. The molecule has 1 unspecified atom stereocenters. The van der Waals surface area contributed by atoms with Crippen molar-refractivity contribution in [2.24, 2.45) is 0 Å². The third-order valence-corrected chi connectivity index (χ3v) is 2.38. The number of benzene rings is 1. The highest BCUT2D eigenvalue weighted by atomic mass is 19.1. The minimum atomic E-state index is -0.845. The third-order valence-electron chi connectivity index (χ3n) is 2.38. The number of rotatable bonds is 2. The second kappa shape index (κ2) is 4.03. The zero-order valence-electron chi connectivity index (χ0n) is 8.53. The Morgan fingerprint density at radius 1 is 1.40 bits per heavy atom. The average Bonchev–Trinajstić information content (AvgIpc) is 2.67. The van der Waals surface area contributed by atoms with Crippen molar-refractivity contribution in [1.82, 2.24) is 0 Å². The van der Waals surface area contributed by atoms with Gasteiger partial charge in [-0.3, -0.25) is 0 Å². The standard InChI is InChI=1S/C12H13FO2/c1-8-5-9(7-10(13)6-8)12(14)11-3-2-4-15-11/h3,5-7,12,14H,2,4H2,1H3. The molecule has 0 radical (unpaired) electrons. The fourth-order valence-electron chi connectivity index (χ4n) is 1.71. The first-order chi connectivity index (χ1) is 7.16. The molecule has 1 N–H and O–H groups in total. The number of ether oxygens (including phenoxy) is 1. The van der Waals surface area contributed by atoms with Crippen LogP contribution < -0.4 is 0 Å². The lowest BCUT2D eigenvalue weighted by molar-refractivity contribution is 0.118. The lowest BCUT2D eigenvalue weighted by atomic mass is 10.0. The predicted octanol–water partition coefficient (Wildman–Crippen LogP) is 2.47. The van der Waals surface area contributed by atoms with E-state index in [0.717, 1.165) is 12.0 Å². The van der Waals surface area contributed by atoms with Gasteiger partial charge < -0.3 is 9.84 Å². The predicted molar refractivity (Wildman–Crippen MR) is 54.7 cm³/mol. The van der Waals surface area contributed by atoms with Gasteiger partial charge in [0, 0.05) is 6.42 Å². The highest BCUT2D eigenvalue weighted by molar-refractivity contribution is 5.29. The number of hydrogen-bond donors (Lipinski definition) is 1. The van der Waals surface area contributed by atoms with Crippen LogP contribution >= 0.6 is 0 Å². The zero-order valence-corrected chi connectivity index (χ0v) is 8.53. The van der Waals surface area contributed by atoms with E-state index < -0.39 is 6.10 Å². The summed E-state index contributed by atoms with van der Waals surface area (Å²) in [5, 5.41) is 9.91. The molecule has 0 bridgehead atoms. The van der Waals surface area contributed by atoms with Crippen molar-refractivity contribution in [1.29, 1.82) is 0 Å². The SMILES string of the molecule is Cc1cc(F)cc(C(O)C2=CCCO2)c1. The van der Waals surface area contributed by atoms with Gasteiger partial charge in [0.2, 0.25) is 0 Å². The molecule has 0 aliphatic carbocycles. The van der Waals surface area contributed by atoms with Crippen LogP contribution in [0.5, 0.6) is 0 Å². The van der Waals surface area contributed by atoms with E-state index in [-0.39, 0.29) is 5.82 Å². The van der Waals surface area contributed by atoms with Crippen molar-refractivity contribution in [3.63, 3.8) is 0 Å². The second-order valence-electron chi connectivity index (χ2n) is 3.71. The number of aliphatic hydroxyl groups is 1. The van der Waals surface area contributed by atoms with Crippen LogP contribution in [-0.4, -0.2) is 11.7 Å². The molecular weight excluding hydrogens is 195 g/mol. The summed E-state index contributed by atoms with van der Waals surface area (Å²) in [6.07, 6.45) is 1.80. The Hall–Kier alpha value is -1.35. The summed E-state index contributed by atoms with van der Waals surface area (Å²) in [5.41, 5.74) is 1.34. The summed E-state index contributed by atoms with van der Waals surface area (Å²) in [4.78, 5) is 0. The molecule has 3 heteroatoms. The minimum Gasteiger partial charge on any atom is -0.495 e. The first-order valence-electron chi connectivity index (χ1n) is 4.95. The molecule has 0 saturated heterocycles. The number of aliphatic hydroxyl groups excluding tert-OH is 1. The minimum absolute atomic E-state index is 0.331. The first kappa shape index (κ1) is 10.2. The molecule has 1 aliphatic rings. The Kier molecular flexibility index (Phi) is 2.73. The molecule has 0 aromatic heterocycles. The van der Waals surface area contributed by atoms with Crippen LogP contribution in [0.1, 0.15) is 23.7 Å². The zero-order chi connectivity index (χ0) is 10.8. The number of hydrogen-bond acceptors (Lipinski definition) is 2. The summed E-state index contributed by atoms with van der Waals surface area (Å²) in [6.45, 7) is 2.39. The lowest BCUT2D eigenvalue weighted by Crippen LogP contribution is -2.03. The van der Waals surface area contributed by atoms with E-state index in [1.54, 1.807) is 13.0 Å². The summed E-state index contributed by atoms with van der Waals surface area (Å²) in [6, 6.07) is 4.52. The average molecular weight is 208 g/mol. The molecule has 2 rings (SSSR count). The lowest BCUT2D eigenvalue weighted by Gasteiger charge is -2.13. The summed E-state index contributed by atoms with van der Waals surface area (Å²) < 4.78 is 18.3. The monoisotopic (exact) mass is 208 g/mol. The molecule has 1 atom stereocenters. The van der Waals surface area contributed by atoms with Crippen LogP contribution in [0.25, 0.3) is 0 Å². The van der Waals surface area contributed by atoms with Crippen molar-refractivity contribution in [2.75, 3.05) is 6.61 Å². The Morgan fingerprint density at radius 3 is 2.80 bits per heavy atom. The third kappa shape index (κ3) is 2.18. The van der Waals surface area contributed by atoms with Crippen LogP contribution in [0, 0.1) is 12.7 Å². The van der Waals surface area contributed by atoms with Crippen molar-refractivity contribution >= 4 is 0 Å². The largest absolute Gasteiger partial charge is 0.495 e. The Labute approximate surface area is 88.0 Å². The van der Waals surface area contributed by atoms with Gasteiger partial charge >= 0.3 is 0 Å². The molecule has 80 valence electrons. The number of halogens is 1. The van der Waals surface area contributed by atoms with Gasteiger partial charge in [-0.25, -0.2) is 4.39 Å². The molecule has 0 saturated carbocycles. The van der Waals surface area contributed by atoms with E-state index in [1.165, 1.54) is 12.1 Å². The van der Waals surface area contributed by atoms with E-state index in [4.69, 9.17) is 4.74 Å². The van der Waals surface area contributed by atoms with Gasteiger partial charge in [-0.15, -0.1) is 0 Å². The van der Waals surface area contributed by atoms with E-state index in [2.05, 4.69) is 0 Å². The molecule has 2 nitrogen and oxygen atoms in total. The fourth-order valence-corrected chi connectivity index (χ4v) is 1.71. The summed E-state index contributed by atoms with van der Waals surface area (Å²) in [7, 11) is 0. The van der Waals surface area contributed by atoms with Gasteiger partial charge in [0.15, 0.2) is 0 Å². The van der Waals surface area contributed by atoms with E-state index in [1.807, 2.05) is 6.08 Å². The second-order valence-corrected chi connectivity index (χ2v) is 3.71. The van der Waals surface area contributed by atoms with Crippen molar-refractivity contribution < 1.29 is 14.2 Å². The van der Waals surface area contributed by atoms with Gasteiger partial charge in [-0.1, -0.05) is 6.07 Å². The molecule has 0 fully saturated rings. The molecular formula is C12H13FO2. The molecule has 15 heavy (non-hydrogen) atoms. The highest BCUT2D eigenvalue weighted by Gasteiger charge is 2.18. The number of aryl methyl sites for hydroxylation is 1. The molecule has 1 aromatic rings. The Bertz CT molecular complexity index is 378. The first-order valence-corrected chi connectivity index (χ1v) is 4.95. The van der Waals surface area contributed by atoms with Crippen molar-refractivity contribution in [2.45, 2.75) is 19.4 Å². The van der Waals surface area contributed by atoms with Crippen LogP contribution in [0.15, 0.2) is 30.0 Å². The normalized spacial score (nSPS) is 17.1. The molecule has 1 heterocycles. The van der Waals surface area contributed by atoms with E-state index in [0.29, 0.717) is 17.9 Å². The smallest absolute Gasteiger partial charge is 0.136 e. The van der Waals surface area contributed by atoms with Crippen LogP contribution in [0.2, 0.25) is 0 Å². The maximum absolute atomic E-state index is 13.1. The Balaban J connectivity index is 2.28. The van der Waals surface area contributed by atoms with Crippen molar-refractivity contribution in [3.8, 4) is 0 Å². The van der Waals surface area contributed by atoms with Crippen LogP contribution in [0.4, 0.5) is 4.39 Å². The maximum atomic E-state index is 13.1.